The van der Waals surface area contributed by atoms with E-state index in [1.165, 1.54) is 13.2 Å². The Bertz CT molecular complexity index is 679. The minimum Gasteiger partial charge on any atom is -0.444 e. The molecular formula is C14H19N5O5. The first kappa shape index (κ1) is 16.2. The second-order valence-electron chi connectivity index (χ2n) is 6.13. The van der Waals surface area contributed by atoms with Gasteiger partial charge in [-0.1, -0.05) is 5.10 Å². The van der Waals surface area contributed by atoms with E-state index in [1.54, 1.807) is 9.80 Å². The molecule has 2 aliphatic heterocycles. The van der Waals surface area contributed by atoms with Crippen molar-refractivity contribution < 1.29 is 19.2 Å². The average molecular weight is 337 g/mol. The quantitative estimate of drug-likeness (QED) is 0.595. The molecule has 10 heteroatoms. The summed E-state index contributed by atoms with van der Waals surface area (Å²) in [5.74, 6) is -0.704. The van der Waals surface area contributed by atoms with Gasteiger partial charge in [0.15, 0.2) is 5.56 Å². The van der Waals surface area contributed by atoms with Gasteiger partial charge in [0, 0.05) is 19.1 Å². The minimum atomic E-state index is -0.603. The highest BCUT2D eigenvalue weighted by Gasteiger charge is 2.37. The van der Waals surface area contributed by atoms with Crippen LogP contribution in [0.5, 0.6) is 0 Å². The highest BCUT2D eigenvalue weighted by atomic mass is 16.6. The van der Waals surface area contributed by atoms with E-state index in [1.807, 2.05) is 6.92 Å². The Morgan fingerprint density at radius 3 is 2.62 bits per heavy atom. The molecule has 0 saturated carbocycles. The Kier molecular flexibility index (Phi) is 4.12. The zero-order valence-electron chi connectivity index (χ0n) is 13.5. The fraction of sp³-hybridized carbons (Fsp3) is 0.643. The molecule has 24 heavy (non-hydrogen) atoms. The van der Waals surface area contributed by atoms with Crippen LogP contribution >= 0.6 is 0 Å². The lowest BCUT2D eigenvalue weighted by Gasteiger charge is -2.35. The topological polar surface area (TPSA) is 111 Å². The normalized spacial score (nSPS) is 21.9. The Morgan fingerprint density at radius 2 is 2.08 bits per heavy atom. The number of rotatable bonds is 3. The number of likely N-dealkylation sites (tertiary alicyclic amines) is 1. The molecule has 0 radical (unpaired) electrons. The lowest BCUT2D eigenvalue weighted by molar-refractivity contribution is -0.392. The smallest absolute Gasteiger partial charge is 0.410 e. The molecule has 1 atom stereocenters. The molecule has 2 aliphatic rings. The summed E-state index contributed by atoms with van der Waals surface area (Å²) >= 11 is 0. The van der Waals surface area contributed by atoms with Crippen molar-refractivity contribution in [3.8, 4) is 0 Å². The van der Waals surface area contributed by atoms with Crippen LogP contribution < -0.4 is 0 Å². The van der Waals surface area contributed by atoms with Crippen LogP contribution in [-0.2, 0) is 11.8 Å². The fourth-order valence-electron chi connectivity index (χ4n) is 3.28. The summed E-state index contributed by atoms with van der Waals surface area (Å²) < 4.78 is 6.22. The summed E-state index contributed by atoms with van der Waals surface area (Å²) in [6.45, 7) is 3.28. The SMILES string of the molecule is CC1CN(C2CCN(C(=O)c3cnn(C)c3[N+](=O)[O-])CC2)C(=O)O1. The molecule has 1 aromatic heterocycles. The highest BCUT2D eigenvalue weighted by molar-refractivity contribution is 5.97. The number of cyclic esters (lactones) is 1. The molecule has 3 rings (SSSR count). The first-order chi connectivity index (χ1) is 11.4. The van der Waals surface area contributed by atoms with Gasteiger partial charge in [0.1, 0.15) is 13.2 Å². The van der Waals surface area contributed by atoms with Crippen LogP contribution in [0.4, 0.5) is 10.6 Å². The third-order valence-electron chi connectivity index (χ3n) is 4.49. The standard InChI is InChI=1S/C14H19N5O5/c1-9-8-18(14(21)24-9)10-3-5-17(6-4-10)13(20)11-7-15-16(2)12(11)19(22)23/h7,9-10H,3-6,8H2,1-2H3. The van der Waals surface area contributed by atoms with E-state index >= 15 is 0 Å². The maximum atomic E-state index is 12.5. The zero-order chi connectivity index (χ0) is 17.4. The van der Waals surface area contributed by atoms with E-state index in [2.05, 4.69) is 5.10 Å². The predicted octanol–water partition coefficient (Wildman–Crippen LogP) is 0.774. The Morgan fingerprint density at radius 1 is 1.42 bits per heavy atom. The number of carbonyl (C=O) groups excluding carboxylic acids is 2. The number of nitro groups is 1. The van der Waals surface area contributed by atoms with Gasteiger partial charge in [-0.25, -0.2) is 4.79 Å². The van der Waals surface area contributed by atoms with Gasteiger partial charge in [-0.3, -0.25) is 4.79 Å². The fourth-order valence-corrected chi connectivity index (χ4v) is 3.28. The molecule has 0 aliphatic carbocycles. The maximum absolute atomic E-state index is 12.5. The van der Waals surface area contributed by atoms with Crippen molar-refractivity contribution in [3.05, 3.63) is 21.9 Å². The third kappa shape index (κ3) is 2.79. The molecule has 3 heterocycles. The number of nitrogens with zero attached hydrogens (tertiary/aromatic N) is 5. The van der Waals surface area contributed by atoms with Crippen molar-refractivity contribution >= 4 is 17.8 Å². The third-order valence-corrected chi connectivity index (χ3v) is 4.49. The largest absolute Gasteiger partial charge is 0.444 e. The molecule has 0 bridgehead atoms. The number of amides is 2. The van der Waals surface area contributed by atoms with Crippen LogP contribution in [0.25, 0.3) is 0 Å². The van der Waals surface area contributed by atoms with Crippen molar-refractivity contribution in [1.29, 1.82) is 0 Å². The van der Waals surface area contributed by atoms with Crippen molar-refractivity contribution in [2.45, 2.75) is 31.9 Å². The minimum absolute atomic E-state index is 0.00449. The Labute approximate surface area is 138 Å². The summed E-state index contributed by atoms with van der Waals surface area (Å²) in [6.07, 6.45) is 2.06. The molecule has 2 amide bonds. The molecule has 2 saturated heterocycles. The van der Waals surface area contributed by atoms with Gasteiger partial charge in [-0.2, -0.15) is 0 Å². The summed E-state index contributed by atoms with van der Waals surface area (Å²) in [6, 6.07) is 0.0374. The Hall–Kier alpha value is -2.65. The average Bonchev–Trinajstić information content (AvgIpc) is 3.09. The van der Waals surface area contributed by atoms with Gasteiger partial charge in [-0.05, 0) is 24.7 Å². The van der Waals surface area contributed by atoms with E-state index in [0.29, 0.717) is 32.5 Å². The van der Waals surface area contributed by atoms with Gasteiger partial charge in [0.05, 0.1) is 12.7 Å². The number of aromatic nitrogens is 2. The van der Waals surface area contributed by atoms with Crippen molar-refractivity contribution in [2.24, 2.45) is 7.05 Å². The molecule has 1 unspecified atom stereocenters. The summed E-state index contributed by atoms with van der Waals surface area (Å²) in [7, 11) is 1.43. The van der Waals surface area contributed by atoms with Gasteiger partial charge in [-0.15, -0.1) is 4.68 Å². The Balaban J connectivity index is 1.66. The van der Waals surface area contributed by atoms with Crippen molar-refractivity contribution in [1.82, 2.24) is 19.6 Å². The number of hydrogen-bond acceptors (Lipinski definition) is 6. The van der Waals surface area contributed by atoms with E-state index in [0.717, 1.165) is 4.68 Å². The van der Waals surface area contributed by atoms with E-state index < -0.39 is 10.8 Å². The predicted molar refractivity (Wildman–Crippen MR) is 81.4 cm³/mol. The van der Waals surface area contributed by atoms with E-state index in [-0.39, 0.29) is 29.6 Å². The van der Waals surface area contributed by atoms with Crippen LogP contribution in [0.3, 0.4) is 0 Å². The molecule has 1 aromatic rings. The van der Waals surface area contributed by atoms with E-state index in [9.17, 15) is 19.7 Å². The second-order valence-corrected chi connectivity index (χ2v) is 6.13. The molecule has 0 aromatic carbocycles. The highest BCUT2D eigenvalue weighted by Crippen LogP contribution is 2.25. The molecule has 10 nitrogen and oxygen atoms in total. The molecular weight excluding hydrogens is 318 g/mol. The zero-order valence-corrected chi connectivity index (χ0v) is 13.5. The number of ether oxygens (including phenoxy) is 1. The van der Waals surface area contributed by atoms with Crippen LogP contribution in [0.2, 0.25) is 0 Å². The number of aryl methyl sites for hydroxylation is 1. The lowest BCUT2D eigenvalue weighted by Crippen LogP contribution is -2.47. The van der Waals surface area contributed by atoms with Crippen LogP contribution in [-0.4, -0.2) is 68.3 Å². The molecule has 0 N–H and O–H groups in total. The first-order valence-electron chi connectivity index (χ1n) is 7.81. The van der Waals surface area contributed by atoms with Crippen molar-refractivity contribution in [2.75, 3.05) is 19.6 Å². The van der Waals surface area contributed by atoms with Gasteiger partial charge >= 0.3 is 11.9 Å². The van der Waals surface area contributed by atoms with Crippen LogP contribution in [0.1, 0.15) is 30.1 Å². The van der Waals surface area contributed by atoms with Gasteiger partial charge in [0.25, 0.3) is 5.91 Å². The lowest BCUT2D eigenvalue weighted by atomic mass is 10.0. The van der Waals surface area contributed by atoms with Gasteiger partial charge < -0.3 is 24.7 Å². The van der Waals surface area contributed by atoms with Crippen molar-refractivity contribution in [3.63, 3.8) is 0 Å². The maximum Gasteiger partial charge on any atom is 0.410 e. The molecule has 130 valence electrons. The van der Waals surface area contributed by atoms with Crippen LogP contribution in [0, 0.1) is 10.1 Å². The summed E-state index contributed by atoms with van der Waals surface area (Å²) in [5, 5.41) is 14.9. The number of carbonyl (C=O) groups is 2. The van der Waals surface area contributed by atoms with E-state index in [4.69, 9.17) is 4.74 Å². The van der Waals surface area contributed by atoms with Crippen LogP contribution in [0.15, 0.2) is 6.20 Å². The second kappa shape index (κ2) is 6.10. The summed E-state index contributed by atoms with van der Waals surface area (Å²) in [5.41, 5.74) is -0.00449. The monoisotopic (exact) mass is 337 g/mol. The number of hydrogen-bond donors (Lipinski definition) is 0. The molecule has 0 spiro atoms. The first-order valence-corrected chi connectivity index (χ1v) is 7.81. The number of piperidine rings is 1. The molecule has 2 fully saturated rings. The van der Waals surface area contributed by atoms with Gasteiger partial charge in [0.2, 0.25) is 0 Å². The summed E-state index contributed by atoms with van der Waals surface area (Å²) in [4.78, 5) is 38.1.